The van der Waals surface area contributed by atoms with Crippen LogP contribution in [0.1, 0.15) is 46.5 Å². The van der Waals surface area contributed by atoms with Gasteiger partial charge in [-0.25, -0.2) is 0 Å². The molecule has 2 saturated carbocycles. The van der Waals surface area contributed by atoms with Gasteiger partial charge in [0.2, 0.25) is 0 Å². The van der Waals surface area contributed by atoms with E-state index in [1.165, 1.54) is 4.46 Å². The summed E-state index contributed by atoms with van der Waals surface area (Å²) in [5.41, 5.74) is 0.139. The van der Waals surface area contributed by atoms with E-state index in [-0.39, 0.29) is 50.2 Å². The normalized spacial score (nSPS) is 43.3. The van der Waals surface area contributed by atoms with Crippen molar-refractivity contribution in [3.05, 3.63) is 30.3 Å². The van der Waals surface area contributed by atoms with Crippen LogP contribution in [0, 0.1) is 23.2 Å². The van der Waals surface area contributed by atoms with E-state index >= 15 is 0 Å². The Bertz CT molecular complexity index is 702. The average molecular weight is 405 g/mol. The second-order valence-electron chi connectivity index (χ2n) is 8.47. The molecule has 2 aliphatic carbocycles. The number of carbonyl (C=O) groups is 2. The molecule has 1 heterocycles. The van der Waals surface area contributed by atoms with Crippen molar-refractivity contribution < 1.29 is 14.3 Å². The second-order valence-corrected chi connectivity index (χ2v) is 11.7. The summed E-state index contributed by atoms with van der Waals surface area (Å²) >= 11 is 0.0421. The van der Waals surface area contributed by atoms with Gasteiger partial charge in [-0.3, -0.25) is 0 Å². The summed E-state index contributed by atoms with van der Waals surface area (Å²) in [4.78, 5) is 25.3. The van der Waals surface area contributed by atoms with Crippen molar-refractivity contribution in [1.82, 2.24) is 0 Å². The Balaban J connectivity index is 1.67. The predicted octanol–water partition coefficient (Wildman–Crippen LogP) is 3.15. The number of hydrogen-bond donors (Lipinski definition) is 0. The van der Waals surface area contributed by atoms with Crippen LogP contribution >= 0.6 is 0 Å². The average Bonchev–Trinajstić information content (AvgIpc) is 2.83. The van der Waals surface area contributed by atoms with Crippen LogP contribution in [0.5, 0.6) is 0 Å². The molecule has 4 rings (SSSR count). The minimum absolute atomic E-state index is 0.00549. The van der Waals surface area contributed by atoms with Gasteiger partial charge >= 0.3 is 156 Å². The Morgan fingerprint density at radius 2 is 1.84 bits per heavy atom. The Morgan fingerprint density at radius 3 is 2.56 bits per heavy atom. The number of carbonyl (C=O) groups excluding carboxylic acids is 2. The molecule has 134 valence electrons. The molecular formula is C21H26O3Se. The van der Waals surface area contributed by atoms with Gasteiger partial charge < -0.3 is 0 Å². The Kier molecular flexibility index (Phi) is 4.12. The molecule has 0 amide bonds. The first-order valence-corrected chi connectivity index (χ1v) is 11.0. The quantitative estimate of drug-likeness (QED) is 0.561. The molecule has 0 unspecified atom stereocenters. The van der Waals surface area contributed by atoms with Gasteiger partial charge in [0, 0.05) is 0 Å². The van der Waals surface area contributed by atoms with E-state index in [1.807, 2.05) is 18.2 Å². The third kappa shape index (κ3) is 2.60. The van der Waals surface area contributed by atoms with E-state index in [0.29, 0.717) is 12.2 Å². The van der Waals surface area contributed by atoms with Gasteiger partial charge in [-0.05, 0) is 0 Å². The van der Waals surface area contributed by atoms with E-state index in [9.17, 15) is 9.59 Å². The van der Waals surface area contributed by atoms with Gasteiger partial charge in [0.15, 0.2) is 0 Å². The Morgan fingerprint density at radius 1 is 1.12 bits per heavy atom. The second kappa shape index (κ2) is 5.96. The summed E-state index contributed by atoms with van der Waals surface area (Å²) in [6.07, 6.45) is 3.69. The van der Waals surface area contributed by atoms with Crippen LogP contribution in [0.2, 0.25) is 4.31 Å². The summed E-state index contributed by atoms with van der Waals surface area (Å²) < 4.78 is 6.86. The van der Waals surface area contributed by atoms with Crippen molar-refractivity contribution in [2.45, 2.75) is 56.9 Å². The third-order valence-corrected chi connectivity index (χ3v) is 9.94. The standard InChI is InChI=1S/C21H26O3Se/c1-13-16(22)10-12-20(2)11-9-15-18(17(13)20)24-19(23)21(15,3)25-14-7-5-4-6-8-14/h4-8,13,15,17-18H,9-12H2,1-3H3/t13-,15-,17-,18+,20+,21-/m1/s1. The summed E-state index contributed by atoms with van der Waals surface area (Å²) in [5, 5.41) is 0. The molecule has 0 aromatic heterocycles. The fraction of sp³-hybridized carbons (Fsp3) is 0.619. The van der Waals surface area contributed by atoms with Crippen molar-refractivity contribution in [1.29, 1.82) is 0 Å². The molecule has 25 heavy (non-hydrogen) atoms. The number of esters is 1. The first-order valence-electron chi connectivity index (χ1n) is 9.33. The van der Waals surface area contributed by atoms with Crippen LogP contribution in [-0.4, -0.2) is 32.8 Å². The van der Waals surface area contributed by atoms with Gasteiger partial charge in [-0.1, -0.05) is 0 Å². The SMILES string of the molecule is C[C@@H]1C(=O)CC[C@]2(C)CC[C@@H]3[C@H](OC(=O)[C@]3(C)[Se]c3ccccc3)[C@@H]12. The topological polar surface area (TPSA) is 43.4 Å². The molecule has 1 aromatic rings. The van der Waals surface area contributed by atoms with Gasteiger partial charge in [0.1, 0.15) is 0 Å². The van der Waals surface area contributed by atoms with Gasteiger partial charge in [-0.15, -0.1) is 0 Å². The molecule has 1 saturated heterocycles. The van der Waals surface area contributed by atoms with Crippen LogP contribution < -0.4 is 4.46 Å². The van der Waals surface area contributed by atoms with Crippen LogP contribution in [0.4, 0.5) is 0 Å². The van der Waals surface area contributed by atoms with Crippen molar-refractivity contribution in [3.63, 3.8) is 0 Å². The maximum absolute atomic E-state index is 12.9. The summed E-state index contributed by atoms with van der Waals surface area (Å²) in [6.45, 7) is 6.46. The molecule has 3 aliphatic rings. The van der Waals surface area contributed by atoms with E-state index in [2.05, 4.69) is 32.9 Å². The molecule has 3 fully saturated rings. The number of benzene rings is 1. The van der Waals surface area contributed by atoms with Crippen molar-refractivity contribution in [3.8, 4) is 0 Å². The van der Waals surface area contributed by atoms with Crippen molar-refractivity contribution in [2.75, 3.05) is 0 Å². The third-order valence-electron chi connectivity index (χ3n) is 7.00. The van der Waals surface area contributed by atoms with Crippen LogP contribution in [-0.2, 0) is 14.3 Å². The molecule has 0 radical (unpaired) electrons. The molecular weight excluding hydrogens is 379 g/mol. The van der Waals surface area contributed by atoms with Crippen LogP contribution in [0.15, 0.2) is 30.3 Å². The number of fused-ring (bicyclic) bond motifs is 3. The van der Waals surface area contributed by atoms with Crippen molar-refractivity contribution >= 4 is 31.2 Å². The maximum atomic E-state index is 12.9. The van der Waals surface area contributed by atoms with Crippen LogP contribution in [0.3, 0.4) is 0 Å². The Labute approximate surface area is 156 Å². The zero-order valence-corrected chi connectivity index (χ0v) is 16.9. The summed E-state index contributed by atoms with van der Waals surface area (Å²) in [5.74, 6) is 0.740. The first-order chi connectivity index (χ1) is 11.8. The molecule has 1 aliphatic heterocycles. The van der Waals surface area contributed by atoms with Gasteiger partial charge in [0.05, 0.1) is 0 Å². The predicted molar refractivity (Wildman–Crippen MR) is 97.8 cm³/mol. The zero-order chi connectivity index (χ0) is 17.8. The zero-order valence-electron chi connectivity index (χ0n) is 15.2. The molecule has 1 aromatic carbocycles. The molecule has 0 bridgehead atoms. The van der Waals surface area contributed by atoms with E-state index in [1.54, 1.807) is 0 Å². The monoisotopic (exact) mass is 406 g/mol. The number of hydrogen-bond acceptors (Lipinski definition) is 3. The molecule has 0 N–H and O–H groups in total. The Hall–Kier alpha value is -1.12. The fourth-order valence-electron chi connectivity index (χ4n) is 5.47. The minimum atomic E-state index is -0.416. The number of ketones is 1. The summed E-state index contributed by atoms with van der Waals surface area (Å²) in [6, 6.07) is 10.3. The molecule has 3 nitrogen and oxygen atoms in total. The molecule has 6 atom stereocenters. The van der Waals surface area contributed by atoms with E-state index in [4.69, 9.17) is 4.74 Å². The van der Waals surface area contributed by atoms with Gasteiger partial charge in [0.25, 0.3) is 0 Å². The van der Waals surface area contributed by atoms with E-state index < -0.39 is 4.31 Å². The number of rotatable bonds is 2. The fourth-order valence-corrected chi connectivity index (χ4v) is 8.23. The van der Waals surface area contributed by atoms with E-state index in [0.717, 1.165) is 19.3 Å². The van der Waals surface area contributed by atoms with Gasteiger partial charge in [-0.2, -0.15) is 0 Å². The first kappa shape index (κ1) is 17.3. The number of Topliss-reactive ketones (excluding diaryl/α,β-unsaturated/α-hetero) is 1. The van der Waals surface area contributed by atoms with Crippen LogP contribution in [0.25, 0.3) is 0 Å². The molecule has 0 spiro atoms. The number of ether oxygens (including phenoxy) is 1. The molecule has 4 heteroatoms. The van der Waals surface area contributed by atoms with Crippen molar-refractivity contribution in [2.24, 2.45) is 23.2 Å². The summed E-state index contributed by atoms with van der Waals surface area (Å²) in [7, 11) is 0.